The molecular formula is C19H27N3O4. The quantitative estimate of drug-likeness (QED) is 0.815. The van der Waals surface area contributed by atoms with Crippen molar-refractivity contribution in [1.82, 2.24) is 9.80 Å². The predicted octanol–water partition coefficient (Wildman–Crippen LogP) is 2.64. The molecule has 0 bridgehead atoms. The number of carboxylic acid groups (broad SMARTS) is 1. The van der Waals surface area contributed by atoms with Gasteiger partial charge in [-0.3, -0.25) is 9.59 Å². The van der Waals surface area contributed by atoms with Crippen molar-refractivity contribution < 1.29 is 19.5 Å². The highest BCUT2D eigenvalue weighted by Crippen LogP contribution is 2.21. The fourth-order valence-electron chi connectivity index (χ4n) is 3.16. The molecule has 1 fully saturated rings. The highest BCUT2D eigenvalue weighted by atomic mass is 16.4. The summed E-state index contributed by atoms with van der Waals surface area (Å²) in [6, 6.07) is 8.92. The zero-order valence-electron chi connectivity index (χ0n) is 15.4. The Morgan fingerprint density at radius 1 is 1.27 bits per heavy atom. The zero-order chi connectivity index (χ0) is 19.1. The van der Waals surface area contributed by atoms with E-state index < -0.39 is 5.97 Å². The second-order valence-corrected chi connectivity index (χ2v) is 6.85. The van der Waals surface area contributed by atoms with Gasteiger partial charge in [-0.2, -0.15) is 0 Å². The maximum atomic E-state index is 12.9. The number of carbonyl (C=O) groups is 3. The number of aliphatic carboxylic acids is 1. The number of nitrogens with one attached hydrogen (secondary N) is 1. The molecule has 1 aromatic rings. The van der Waals surface area contributed by atoms with Crippen molar-refractivity contribution in [2.45, 2.75) is 39.2 Å². The van der Waals surface area contributed by atoms with Crippen molar-refractivity contribution in [1.29, 1.82) is 0 Å². The largest absolute Gasteiger partial charge is 0.481 e. The van der Waals surface area contributed by atoms with Crippen LogP contribution in [0.4, 0.5) is 10.5 Å². The van der Waals surface area contributed by atoms with Gasteiger partial charge < -0.3 is 20.2 Å². The minimum Gasteiger partial charge on any atom is -0.481 e. The molecule has 1 unspecified atom stereocenters. The van der Waals surface area contributed by atoms with Gasteiger partial charge in [-0.25, -0.2) is 4.79 Å². The maximum Gasteiger partial charge on any atom is 0.321 e. The van der Waals surface area contributed by atoms with Gasteiger partial charge in [-0.05, 0) is 38.8 Å². The lowest BCUT2D eigenvalue weighted by molar-refractivity contribution is -0.141. The number of carbonyl (C=O) groups excluding carboxylic acids is 2. The van der Waals surface area contributed by atoms with Crippen LogP contribution >= 0.6 is 0 Å². The summed E-state index contributed by atoms with van der Waals surface area (Å²) >= 11 is 0. The highest BCUT2D eigenvalue weighted by molar-refractivity contribution is 5.90. The number of carboxylic acids is 1. The van der Waals surface area contributed by atoms with Crippen LogP contribution in [0.5, 0.6) is 0 Å². The average molecular weight is 361 g/mol. The molecule has 26 heavy (non-hydrogen) atoms. The molecule has 7 nitrogen and oxygen atoms in total. The van der Waals surface area contributed by atoms with E-state index >= 15 is 0 Å². The number of urea groups is 1. The topological polar surface area (TPSA) is 90.0 Å². The number of para-hydroxylation sites is 1. The van der Waals surface area contributed by atoms with Gasteiger partial charge >= 0.3 is 12.0 Å². The van der Waals surface area contributed by atoms with Gasteiger partial charge in [0.05, 0.1) is 12.3 Å². The predicted molar refractivity (Wildman–Crippen MR) is 98.9 cm³/mol. The second-order valence-electron chi connectivity index (χ2n) is 6.85. The van der Waals surface area contributed by atoms with Gasteiger partial charge in [0.1, 0.15) is 0 Å². The molecule has 0 radical (unpaired) electrons. The molecule has 1 heterocycles. The Labute approximate surface area is 154 Å². The minimum atomic E-state index is -0.920. The van der Waals surface area contributed by atoms with E-state index in [1.165, 1.54) is 0 Å². The maximum absolute atomic E-state index is 12.9. The van der Waals surface area contributed by atoms with Crippen LogP contribution in [0.15, 0.2) is 30.3 Å². The lowest BCUT2D eigenvalue weighted by Crippen LogP contribution is -2.49. The Balaban J connectivity index is 1.98. The van der Waals surface area contributed by atoms with Crippen LogP contribution in [0.3, 0.4) is 0 Å². The third-order valence-corrected chi connectivity index (χ3v) is 4.56. The standard InChI is InChI=1S/C19H27N3O4/c1-14(2)22(12-10-17(23)24)18(25)15-7-6-11-21(13-15)19(26)20-16-8-4-3-5-9-16/h3-5,8-9,14-15H,6-7,10-13H2,1-2H3,(H,20,26)(H,23,24). The lowest BCUT2D eigenvalue weighted by Gasteiger charge is -2.36. The minimum absolute atomic E-state index is 0.0709. The number of nitrogens with zero attached hydrogens (tertiary/aromatic N) is 2. The van der Waals surface area contributed by atoms with Crippen molar-refractivity contribution in [2.24, 2.45) is 5.92 Å². The molecule has 2 N–H and O–H groups in total. The Morgan fingerprint density at radius 2 is 1.96 bits per heavy atom. The van der Waals surface area contributed by atoms with E-state index in [1.807, 2.05) is 44.2 Å². The van der Waals surface area contributed by atoms with Crippen molar-refractivity contribution in [3.05, 3.63) is 30.3 Å². The van der Waals surface area contributed by atoms with E-state index in [-0.39, 0.29) is 36.9 Å². The summed E-state index contributed by atoms with van der Waals surface area (Å²) in [4.78, 5) is 39.4. The number of benzene rings is 1. The first-order valence-electron chi connectivity index (χ1n) is 9.01. The number of amides is 3. The molecule has 1 aliphatic heterocycles. The van der Waals surface area contributed by atoms with Crippen LogP contribution in [-0.2, 0) is 9.59 Å². The molecule has 1 atom stereocenters. The highest BCUT2D eigenvalue weighted by Gasteiger charge is 2.32. The van der Waals surface area contributed by atoms with E-state index in [9.17, 15) is 14.4 Å². The molecule has 142 valence electrons. The molecule has 2 rings (SSSR count). The SMILES string of the molecule is CC(C)N(CCC(=O)O)C(=O)C1CCCN(C(=O)Nc2ccccc2)C1. The summed E-state index contributed by atoms with van der Waals surface area (Å²) in [5, 5.41) is 11.7. The monoisotopic (exact) mass is 361 g/mol. The Hall–Kier alpha value is -2.57. The molecule has 7 heteroatoms. The molecular weight excluding hydrogens is 334 g/mol. The van der Waals surface area contributed by atoms with Crippen LogP contribution in [-0.4, -0.2) is 58.5 Å². The average Bonchev–Trinajstić information content (AvgIpc) is 2.62. The number of hydrogen-bond donors (Lipinski definition) is 2. The summed E-state index contributed by atoms with van der Waals surface area (Å²) in [6.07, 6.45) is 1.39. The van der Waals surface area contributed by atoms with E-state index in [4.69, 9.17) is 5.11 Å². The Morgan fingerprint density at radius 3 is 2.58 bits per heavy atom. The Kier molecular flexibility index (Phi) is 7.00. The molecule has 0 spiro atoms. The smallest absolute Gasteiger partial charge is 0.321 e. The van der Waals surface area contributed by atoms with Gasteiger partial charge in [0.2, 0.25) is 5.91 Å². The van der Waals surface area contributed by atoms with Crippen molar-refractivity contribution >= 4 is 23.6 Å². The van der Waals surface area contributed by atoms with Crippen molar-refractivity contribution in [2.75, 3.05) is 25.0 Å². The van der Waals surface area contributed by atoms with Gasteiger partial charge in [0.15, 0.2) is 0 Å². The first-order valence-corrected chi connectivity index (χ1v) is 9.01. The lowest BCUT2D eigenvalue weighted by atomic mass is 9.96. The van der Waals surface area contributed by atoms with Crippen LogP contribution in [0.2, 0.25) is 0 Å². The number of hydrogen-bond acceptors (Lipinski definition) is 3. The first kappa shape index (κ1) is 19.8. The molecule has 0 saturated carbocycles. The van der Waals surface area contributed by atoms with Gasteiger partial charge in [0, 0.05) is 31.4 Å². The number of likely N-dealkylation sites (tertiary alicyclic amines) is 1. The van der Waals surface area contributed by atoms with E-state index in [0.29, 0.717) is 19.5 Å². The van der Waals surface area contributed by atoms with Crippen molar-refractivity contribution in [3.8, 4) is 0 Å². The van der Waals surface area contributed by atoms with Gasteiger partial charge in [-0.1, -0.05) is 18.2 Å². The normalized spacial score (nSPS) is 17.0. The third-order valence-electron chi connectivity index (χ3n) is 4.56. The summed E-state index contributed by atoms with van der Waals surface area (Å²) in [5.74, 6) is -1.28. The molecule has 0 aromatic heterocycles. The number of piperidine rings is 1. The van der Waals surface area contributed by atoms with Crippen LogP contribution < -0.4 is 5.32 Å². The summed E-state index contributed by atoms with van der Waals surface area (Å²) in [5.41, 5.74) is 0.719. The summed E-state index contributed by atoms with van der Waals surface area (Å²) in [6.45, 7) is 4.91. The van der Waals surface area contributed by atoms with E-state index in [0.717, 1.165) is 12.1 Å². The Bertz CT molecular complexity index is 633. The summed E-state index contributed by atoms with van der Waals surface area (Å²) < 4.78 is 0. The van der Waals surface area contributed by atoms with E-state index in [1.54, 1.807) is 9.80 Å². The van der Waals surface area contributed by atoms with Crippen LogP contribution in [0, 0.1) is 5.92 Å². The fourth-order valence-corrected chi connectivity index (χ4v) is 3.16. The number of anilines is 1. The molecule has 1 aromatic carbocycles. The number of rotatable bonds is 6. The first-order chi connectivity index (χ1) is 12.4. The van der Waals surface area contributed by atoms with Crippen LogP contribution in [0.1, 0.15) is 33.1 Å². The third kappa shape index (κ3) is 5.47. The fraction of sp³-hybridized carbons (Fsp3) is 0.526. The zero-order valence-corrected chi connectivity index (χ0v) is 15.4. The molecule has 1 aliphatic rings. The molecule has 0 aliphatic carbocycles. The van der Waals surface area contributed by atoms with Crippen molar-refractivity contribution in [3.63, 3.8) is 0 Å². The van der Waals surface area contributed by atoms with Gasteiger partial charge in [-0.15, -0.1) is 0 Å². The molecule has 3 amide bonds. The van der Waals surface area contributed by atoms with Gasteiger partial charge in [0.25, 0.3) is 0 Å². The summed E-state index contributed by atoms with van der Waals surface area (Å²) in [7, 11) is 0. The van der Waals surface area contributed by atoms with Crippen LogP contribution in [0.25, 0.3) is 0 Å². The van der Waals surface area contributed by atoms with E-state index in [2.05, 4.69) is 5.32 Å². The molecule has 1 saturated heterocycles. The second kappa shape index (κ2) is 9.22.